The normalized spacial score (nSPS) is 10.2. The fraction of sp³-hybridized carbons (Fsp3) is 0.286. The lowest BCUT2D eigenvalue weighted by atomic mass is 10.2. The van der Waals surface area contributed by atoms with E-state index in [0.717, 1.165) is 4.88 Å². The Bertz CT molecular complexity index is 652. The Hall–Kier alpha value is -2.28. The molecule has 0 unspecified atom stereocenters. The minimum Gasteiger partial charge on any atom is -0.465 e. The second-order valence-electron chi connectivity index (χ2n) is 4.51. The van der Waals surface area contributed by atoms with Crippen LogP contribution >= 0.6 is 11.5 Å². The molecule has 2 heterocycles. The summed E-state index contributed by atoms with van der Waals surface area (Å²) in [6.45, 7) is 2.25. The van der Waals surface area contributed by atoms with Gasteiger partial charge in [-0.2, -0.15) is 4.37 Å². The summed E-state index contributed by atoms with van der Waals surface area (Å²) in [5, 5.41) is 0. The number of carbonyl (C=O) groups excluding carboxylic acids is 2. The van der Waals surface area contributed by atoms with Crippen molar-refractivity contribution < 1.29 is 14.3 Å². The van der Waals surface area contributed by atoms with Gasteiger partial charge in [0, 0.05) is 18.1 Å². The Balaban J connectivity index is 2.04. The average molecular weight is 305 g/mol. The van der Waals surface area contributed by atoms with Crippen molar-refractivity contribution in [2.75, 3.05) is 14.2 Å². The highest BCUT2D eigenvalue weighted by molar-refractivity contribution is 7.05. The molecule has 6 nitrogen and oxygen atoms in total. The topological polar surface area (TPSA) is 72.4 Å². The van der Waals surface area contributed by atoms with Gasteiger partial charge in [-0.1, -0.05) is 0 Å². The Kier molecular flexibility index (Phi) is 4.64. The van der Waals surface area contributed by atoms with Crippen molar-refractivity contribution in [2.45, 2.75) is 13.5 Å². The summed E-state index contributed by atoms with van der Waals surface area (Å²) in [6.07, 6.45) is 1.44. The van der Waals surface area contributed by atoms with E-state index >= 15 is 0 Å². The van der Waals surface area contributed by atoms with E-state index in [2.05, 4.69) is 14.1 Å². The molecule has 0 N–H and O–H groups in total. The highest BCUT2D eigenvalue weighted by Gasteiger charge is 2.15. The molecule has 0 saturated heterocycles. The molecule has 21 heavy (non-hydrogen) atoms. The Morgan fingerprint density at radius 1 is 1.38 bits per heavy atom. The number of esters is 1. The molecule has 0 aliphatic heterocycles. The van der Waals surface area contributed by atoms with Gasteiger partial charge in [-0.05, 0) is 36.7 Å². The van der Waals surface area contributed by atoms with Crippen molar-refractivity contribution in [1.29, 1.82) is 0 Å². The largest absolute Gasteiger partial charge is 0.465 e. The number of carbonyl (C=O) groups is 2. The number of hydrogen-bond acceptors (Lipinski definition) is 6. The van der Waals surface area contributed by atoms with E-state index in [9.17, 15) is 9.59 Å². The SMILES string of the molecule is COC(=O)c1ccc(CN(C)C(=O)c2cc(C)sn2)nc1. The van der Waals surface area contributed by atoms with Crippen LogP contribution in [0.5, 0.6) is 0 Å². The fourth-order valence-electron chi connectivity index (χ4n) is 1.73. The van der Waals surface area contributed by atoms with Gasteiger partial charge >= 0.3 is 5.97 Å². The van der Waals surface area contributed by atoms with E-state index in [4.69, 9.17) is 0 Å². The Morgan fingerprint density at radius 2 is 2.14 bits per heavy atom. The monoisotopic (exact) mass is 305 g/mol. The zero-order valence-corrected chi connectivity index (χ0v) is 12.8. The van der Waals surface area contributed by atoms with Crippen molar-refractivity contribution in [3.8, 4) is 0 Å². The molecule has 0 aliphatic rings. The van der Waals surface area contributed by atoms with E-state index in [1.54, 1.807) is 25.2 Å². The van der Waals surface area contributed by atoms with Gasteiger partial charge in [-0.15, -0.1) is 0 Å². The molecule has 0 aromatic carbocycles. The first-order valence-corrected chi connectivity index (χ1v) is 7.00. The first kappa shape index (κ1) is 15.1. The standard InChI is InChI=1S/C14H15N3O3S/c1-9-6-12(16-21-9)13(18)17(2)8-11-5-4-10(7-15-11)14(19)20-3/h4-7H,8H2,1-3H3. The first-order chi connectivity index (χ1) is 10.0. The third-order valence-corrected chi connectivity index (χ3v) is 3.53. The van der Waals surface area contributed by atoms with Gasteiger partial charge in [-0.3, -0.25) is 9.78 Å². The quantitative estimate of drug-likeness (QED) is 0.807. The molecule has 0 radical (unpaired) electrons. The lowest BCUT2D eigenvalue weighted by Crippen LogP contribution is -2.26. The molecule has 0 fully saturated rings. The van der Waals surface area contributed by atoms with Gasteiger partial charge in [0.1, 0.15) is 5.69 Å². The van der Waals surface area contributed by atoms with E-state index in [1.807, 2.05) is 6.92 Å². The third kappa shape index (κ3) is 3.63. The molecular formula is C14H15N3O3S. The van der Waals surface area contributed by atoms with E-state index in [-0.39, 0.29) is 5.91 Å². The molecule has 2 aromatic heterocycles. The summed E-state index contributed by atoms with van der Waals surface area (Å²) in [7, 11) is 3.01. The average Bonchev–Trinajstić information content (AvgIpc) is 2.93. The van der Waals surface area contributed by atoms with Crippen LogP contribution in [0.25, 0.3) is 0 Å². The highest BCUT2D eigenvalue weighted by atomic mass is 32.1. The van der Waals surface area contributed by atoms with Gasteiger partial charge in [-0.25, -0.2) is 4.79 Å². The predicted octanol–water partition coefficient (Wildman–Crippen LogP) is 1.91. The summed E-state index contributed by atoms with van der Waals surface area (Å²) in [5.74, 6) is -0.588. The molecule has 0 aliphatic carbocycles. The molecule has 0 spiro atoms. The summed E-state index contributed by atoms with van der Waals surface area (Å²) in [5.41, 5.74) is 1.50. The van der Waals surface area contributed by atoms with Crippen LogP contribution in [0.3, 0.4) is 0 Å². The summed E-state index contributed by atoms with van der Waals surface area (Å²) >= 11 is 1.30. The van der Waals surface area contributed by atoms with Crippen LogP contribution < -0.4 is 0 Å². The second kappa shape index (κ2) is 6.45. The van der Waals surface area contributed by atoms with Gasteiger partial charge < -0.3 is 9.64 Å². The van der Waals surface area contributed by atoms with Crippen molar-refractivity contribution in [3.05, 3.63) is 46.2 Å². The maximum absolute atomic E-state index is 12.2. The highest BCUT2D eigenvalue weighted by Crippen LogP contribution is 2.11. The molecule has 1 amide bonds. The molecule has 2 rings (SSSR count). The molecule has 0 bridgehead atoms. The fourth-order valence-corrected chi connectivity index (χ4v) is 2.27. The second-order valence-corrected chi connectivity index (χ2v) is 5.52. The van der Waals surface area contributed by atoms with Crippen molar-refractivity contribution in [2.24, 2.45) is 0 Å². The zero-order valence-electron chi connectivity index (χ0n) is 12.0. The molecule has 0 saturated carbocycles. The number of hydrogen-bond donors (Lipinski definition) is 0. The van der Waals surface area contributed by atoms with Gasteiger partial charge in [0.05, 0.1) is 24.9 Å². The number of amides is 1. The minimum atomic E-state index is -0.434. The lowest BCUT2D eigenvalue weighted by molar-refractivity contribution is 0.0599. The van der Waals surface area contributed by atoms with Crippen molar-refractivity contribution in [1.82, 2.24) is 14.3 Å². The third-order valence-electron chi connectivity index (χ3n) is 2.84. The van der Waals surface area contributed by atoms with Crippen molar-refractivity contribution in [3.63, 3.8) is 0 Å². The number of ether oxygens (including phenoxy) is 1. The number of aromatic nitrogens is 2. The number of nitrogens with zero attached hydrogens (tertiary/aromatic N) is 3. The number of aryl methyl sites for hydroxylation is 1. The van der Waals surface area contributed by atoms with Crippen molar-refractivity contribution >= 4 is 23.4 Å². The molecular weight excluding hydrogens is 290 g/mol. The summed E-state index contributed by atoms with van der Waals surface area (Å²) in [6, 6.07) is 5.08. The molecule has 2 aromatic rings. The van der Waals surface area contributed by atoms with Crippen LogP contribution in [0.1, 0.15) is 31.4 Å². The van der Waals surface area contributed by atoms with E-state index in [1.165, 1.54) is 29.7 Å². The lowest BCUT2D eigenvalue weighted by Gasteiger charge is -2.15. The van der Waals surface area contributed by atoms with Crippen LogP contribution in [0.4, 0.5) is 0 Å². The number of methoxy groups -OCH3 is 1. The van der Waals surface area contributed by atoms with E-state index in [0.29, 0.717) is 23.5 Å². The van der Waals surface area contributed by atoms with Crippen LogP contribution in [0, 0.1) is 6.92 Å². The maximum Gasteiger partial charge on any atom is 0.339 e. The molecule has 0 atom stereocenters. The summed E-state index contributed by atoms with van der Waals surface area (Å²) in [4.78, 5) is 30.1. The van der Waals surface area contributed by atoms with Crippen LogP contribution in [-0.2, 0) is 11.3 Å². The van der Waals surface area contributed by atoms with Crippen LogP contribution in [0.15, 0.2) is 24.4 Å². The van der Waals surface area contributed by atoms with Gasteiger partial charge in [0.25, 0.3) is 5.91 Å². The van der Waals surface area contributed by atoms with Gasteiger partial charge in [0.2, 0.25) is 0 Å². The minimum absolute atomic E-state index is 0.154. The Morgan fingerprint density at radius 3 is 2.67 bits per heavy atom. The number of pyridine rings is 1. The van der Waals surface area contributed by atoms with E-state index < -0.39 is 5.97 Å². The molecule has 7 heteroatoms. The number of rotatable bonds is 4. The predicted molar refractivity (Wildman–Crippen MR) is 78.2 cm³/mol. The first-order valence-electron chi connectivity index (χ1n) is 6.23. The summed E-state index contributed by atoms with van der Waals surface area (Å²) < 4.78 is 8.70. The maximum atomic E-state index is 12.2. The van der Waals surface area contributed by atoms with Crippen LogP contribution in [-0.4, -0.2) is 40.3 Å². The van der Waals surface area contributed by atoms with Crippen LogP contribution in [0.2, 0.25) is 0 Å². The van der Waals surface area contributed by atoms with Gasteiger partial charge in [0.15, 0.2) is 0 Å². The zero-order chi connectivity index (χ0) is 15.4. The Labute approximate surface area is 126 Å². The smallest absolute Gasteiger partial charge is 0.339 e. The molecule has 110 valence electrons.